The molecule has 2 aromatic rings. The maximum Gasteiger partial charge on any atom is 0.223 e. The van der Waals surface area contributed by atoms with Crippen molar-refractivity contribution in [2.24, 2.45) is 5.92 Å². The summed E-state index contributed by atoms with van der Waals surface area (Å²) in [6, 6.07) is 4.40. The molecule has 3 rings (SSSR count). The molecule has 1 fully saturated rings. The lowest BCUT2D eigenvalue weighted by molar-refractivity contribution is -0.134. The van der Waals surface area contributed by atoms with Crippen LogP contribution in [-0.2, 0) is 9.59 Å². The molecule has 0 spiro atoms. The Kier molecular flexibility index (Phi) is 6.65. The number of hydrogen-bond donors (Lipinski definition) is 1. The van der Waals surface area contributed by atoms with Gasteiger partial charge in [-0.15, -0.1) is 0 Å². The van der Waals surface area contributed by atoms with Crippen molar-refractivity contribution in [3.8, 4) is 0 Å². The highest BCUT2D eigenvalue weighted by atomic mass is 19.1. The normalized spacial score (nSPS) is 15.4. The molecule has 0 atom stereocenters. The van der Waals surface area contributed by atoms with E-state index in [0.717, 1.165) is 25.0 Å². The van der Waals surface area contributed by atoms with Gasteiger partial charge < -0.3 is 14.7 Å². The average molecular weight is 389 g/mol. The van der Waals surface area contributed by atoms with Crippen molar-refractivity contribution in [2.75, 3.05) is 19.6 Å². The number of amides is 2. The van der Waals surface area contributed by atoms with Gasteiger partial charge in [-0.25, -0.2) is 4.39 Å². The molecule has 2 heterocycles. The van der Waals surface area contributed by atoms with Gasteiger partial charge in [-0.3, -0.25) is 9.59 Å². The Balaban J connectivity index is 1.46. The topological polar surface area (TPSA) is 75.4 Å². The number of carbonyl (C=O) groups excluding carboxylic acids is 2. The number of benzene rings is 1. The minimum Gasteiger partial charge on any atom is -0.356 e. The van der Waals surface area contributed by atoms with Gasteiger partial charge in [0.2, 0.25) is 11.8 Å². The summed E-state index contributed by atoms with van der Waals surface area (Å²) in [6.07, 6.45) is 2.91. The summed E-state index contributed by atoms with van der Waals surface area (Å²) in [4.78, 5) is 26.0. The minimum absolute atomic E-state index is 0.00788. The highest BCUT2D eigenvalue weighted by Gasteiger charge is 2.27. The number of aromatic nitrogens is 1. The standard InChI is InChI=1S/C21H28FN3O3/c1-14(2)7-10-23-19(26)5-6-20(27)25-11-8-15(9-12-25)21-17-13-16(22)3-4-18(17)28-24-21/h3-4,13-15H,5-12H2,1-2H3,(H,23,26). The first-order valence-corrected chi connectivity index (χ1v) is 10.0. The predicted octanol–water partition coefficient (Wildman–Crippen LogP) is 3.62. The fraction of sp³-hybridized carbons (Fsp3) is 0.571. The second kappa shape index (κ2) is 9.17. The molecule has 152 valence electrons. The van der Waals surface area contributed by atoms with E-state index in [-0.39, 0.29) is 36.4 Å². The molecule has 0 unspecified atom stereocenters. The molecule has 1 aromatic carbocycles. The quantitative estimate of drug-likeness (QED) is 0.785. The van der Waals surface area contributed by atoms with Crippen molar-refractivity contribution in [2.45, 2.75) is 51.9 Å². The van der Waals surface area contributed by atoms with Crippen LogP contribution >= 0.6 is 0 Å². The number of hydrogen-bond acceptors (Lipinski definition) is 4. The zero-order valence-electron chi connectivity index (χ0n) is 16.5. The molecule has 0 bridgehead atoms. The van der Waals surface area contributed by atoms with E-state index in [4.69, 9.17) is 4.52 Å². The van der Waals surface area contributed by atoms with E-state index in [1.54, 1.807) is 11.0 Å². The lowest BCUT2D eigenvalue weighted by Gasteiger charge is -2.31. The number of carbonyl (C=O) groups is 2. The third-order valence-corrected chi connectivity index (χ3v) is 5.30. The molecular formula is C21H28FN3O3. The number of likely N-dealkylation sites (tertiary alicyclic amines) is 1. The van der Waals surface area contributed by atoms with Crippen LogP contribution in [0, 0.1) is 11.7 Å². The van der Waals surface area contributed by atoms with Crippen LogP contribution in [0.25, 0.3) is 11.0 Å². The fourth-order valence-electron chi connectivity index (χ4n) is 3.59. The molecule has 7 heteroatoms. The number of halogens is 1. The Labute approximate surface area is 164 Å². The number of fused-ring (bicyclic) bond motifs is 1. The summed E-state index contributed by atoms with van der Waals surface area (Å²) in [7, 11) is 0. The summed E-state index contributed by atoms with van der Waals surface area (Å²) in [5.74, 6) is 0.317. The maximum absolute atomic E-state index is 13.5. The van der Waals surface area contributed by atoms with Gasteiger partial charge in [0.05, 0.1) is 5.69 Å². The fourth-order valence-corrected chi connectivity index (χ4v) is 3.59. The third kappa shape index (κ3) is 5.09. The van der Waals surface area contributed by atoms with E-state index in [9.17, 15) is 14.0 Å². The molecule has 0 saturated carbocycles. The van der Waals surface area contributed by atoms with Gasteiger partial charge in [0.1, 0.15) is 5.82 Å². The third-order valence-electron chi connectivity index (χ3n) is 5.30. The Morgan fingerprint density at radius 2 is 2.04 bits per heavy atom. The zero-order chi connectivity index (χ0) is 20.1. The summed E-state index contributed by atoms with van der Waals surface area (Å²) < 4.78 is 18.8. The number of nitrogens with one attached hydrogen (secondary N) is 1. The van der Waals surface area contributed by atoms with Crippen LogP contribution in [0.4, 0.5) is 4.39 Å². The van der Waals surface area contributed by atoms with Crippen LogP contribution in [0.5, 0.6) is 0 Å². The number of piperidine rings is 1. The smallest absolute Gasteiger partial charge is 0.223 e. The summed E-state index contributed by atoms with van der Waals surface area (Å²) in [5.41, 5.74) is 1.35. The highest BCUT2D eigenvalue weighted by Crippen LogP contribution is 2.33. The van der Waals surface area contributed by atoms with Gasteiger partial charge in [0.15, 0.2) is 5.58 Å². The molecular weight excluding hydrogens is 361 g/mol. The van der Waals surface area contributed by atoms with Crippen LogP contribution < -0.4 is 5.32 Å². The van der Waals surface area contributed by atoms with Gasteiger partial charge in [0, 0.05) is 43.8 Å². The summed E-state index contributed by atoms with van der Waals surface area (Å²) in [5, 5.41) is 7.70. The average Bonchev–Trinajstić information content (AvgIpc) is 3.09. The highest BCUT2D eigenvalue weighted by molar-refractivity contribution is 5.84. The zero-order valence-corrected chi connectivity index (χ0v) is 16.5. The van der Waals surface area contributed by atoms with Crippen molar-refractivity contribution in [1.29, 1.82) is 0 Å². The second-order valence-corrected chi connectivity index (χ2v) is 7.90. The van der Waals surface area contributed by atoms with Gasteiger partial charge >= 0.3 is 0 Å². The Bertz CT molecular complexity index is 825. The molecule has 2 amide bonds. The Morgan fingerprint density at radius 1 is 1.29 bits per heavy atom. The first kappa shape index (κ1) is 20.3. The van der Waals surface area contributed by atoms with E-state index in [0.29, 0.717) is 36.5 Å². The molecule has 6 nitrogen and oxygen atoms in total. The lowest BCUT2D eigenvalue weighted by Crippen LogP contribution is -2.38. The number of rotatable bonds is 7. The van der Waals surface area contributed by atoms with Gasteiger partial charge in [0.25, 0.3) is 0 Å². The predicted molar refractivity (Wildman–Crippen MR) is 104 cm³/mol. The van der Waals surface area contributed by atoms with E-state index in [2.05, 4.69) is 24.3 Å². The lowest BCUT2D eigenvalue weighted by atomic mass is 9.91. The molecule has 1 aliphatic heterocycles. The summed E-state index contributed by atoms with van der Waals surface area (Å²) >= 11 is 0. The van der Waals surface area contributed by atoms with Crippen LogP contribution in [-0.4, -0.2) is 41.5 Å². The van der Waals surface area contributed by atoms with E-state index >= 15 is 0 Å². The number of nitrogens with zero attached hydrogens (tertiary/aromatic N) is 2. The molecule has 1 N–H and O–H groups in total. The van der Waals surface area contributed by atoms with Crippen LogP contribution in [0.2, 0.25) is 0 Å². The van der Waals surface area contributed by atoms with Crippen LogP contribution in [0.3, 0.4) is 0 Å². The SMILES string of the molecule is CC(C)CCNC(=O)CCC(=O)N1CCC(c2noc3ccc(F)cc23)CC1. The maximum atomic E-state index is 13.5. The van der Waals surface area contributed by atoms with E-state index < -0.39 is 0 Å². The Morgan fingerprint density at radius 3 is 2.75 bits per heavy atom. The monoisotopic (exact) mass is 389 g/mol. The van der Waals surface area contributed by atoms with Crippen molar-refractivity contribution in [1.82, 2.24) is 15.4 Å². The molecule has 1 aliphatic rings. The minimum atomic E-state index is -0.309. The van der Waals surface area contributed by atoms with Crippen LogP contribution in [0.15, 0.2) is 22.7 Å². The van der Waals surface area contributed by atoms with E-state index in [1.165, 1.54) is 12.1 Å². The molecule has 0 radical (unpaired) electrons. The largest absolute Gasteiger partial charge is 0.356 e. The van der Waals surface area contributed by atoms with Gasteiger partial charge in [-0.05, 0) is 43.4 Å². The molecule has 1 saturated heterocycles. The van der Waals surface area contributed by atoms with E-state index in [1.807, 2.05) is 0 Å². The van der Waals surface area contributed by atoms with Crippen molar-refractivity contribution >= 4 is 22.8 Å². The van der Waals surface area contributed by atoms with Gasteiger partial charge in [-0.2, -0.15) is 0 Å². The van der Waals surface area contributed by atoms with Crippen LogP contribution in [0.1, 0.15) is 57.6 Å². The molecule has 1 aromatic heterocycles. The molecule has 0 aliphatic carbocycles. The second-order valence-electron chi connectivity index (χ2n) is 7.90. The summed E-state index contributed by atoms with van der Waals surface area (Å²) in [6.45, 7) is 6.10. The molecule has 28 heavy (non-hydrogen) atoms. The van der Waals surface area contributed by atoms with Gasteiger partial charge in [-0.1, -0.05) is 19.0 Å². The Hall–Kier alpha value is -2.44. The van der Waals surface area contributed by atoms with Crippen molar-refractivity contribution in [3.63, 3.8) is 0 Å². The first-order valence-electron chi connectivity index (χ1n) is 10.0. The van der Waals surface area contributed by atoms with Crippen molar-refractivity contribution < 1.29 is 18.5 Å². The first-order chi connectivity index (χ1) is 13.4. The van der Waals surface area contributed by atoms with Crippen molar-refractivity contribution in [3.05, 3.63) is 29.7 Å².